The van der Waals surface area contributed by atoms with E-state index in [2.05, 4.69) is 21.6 Å². The van der Waals surface area contributed by atoms with Crippen LogP contribution in [0.3, 0.4) is 0 Å². The number of methoxy groups -OCH3 is 1. The first-order valence-electron chi connectivity index (χ1n) is 3.87. The number of hydrogen-bond donors (Lipinski definition) is 1. The fourth-order valence-electron chi connectivity index (χ4n) is 0.701. The lowest BCUT2D eigenvalue weighted by atomic mass is 10.4. The van der Waals surface area contributed by atoms with Crippen molar-refractivity contribution >= 4 is 17.3 Å². The maximum absolute atomic E-state index is 10.7. The van der Waals surface area contributed by atoms with Gasteiger partial charge in [-0.25, -0.2) is 4.98 Å². The van der Waals surface area contributed by atoms with Crippen LogP contribution in [-0.2, 0) is 16.1 Å². The Morgan fingerprint density at radius 2 is 2.57 bits per heavy atom. The number of ether oxygens (including phenoxy) is 1. The van der Waals surface area contributed by atoms with Crippen LogP contribution in [0.5, 0.6) is 0 Å². The lowest BCUT2D eigenvalue weighted by Crippen LogP contribution is -1.96. The Bertz CT molecular complexity index is 375. The summed E-state index contributed by atoms with van der Waals surface area (Å²) in [4.78, 5) is 14.7. The zero-order valence-corrected chi connectivity index (χ0v) is 8.43. The van der Waals surface area contributed by atoms with Crippen molar-refractivity contribution in [2.45, 2.75) is 13.0 Å². The van der Waals surface area contributed by atoms with Gasteiger partial charge >= 0.3 is 5.97 Å². The summed E-state index contributed by atoms with van der Waals surface area (Å²) >= 11 is 1.34. The van der Waals surface area contributed by atoms with Gasteiger partial charge in [0.05, 0.1) is 19.4 Å². The third-order valence-corrected chi connectivity index (χ3v) is 2.18. The normalized spacial score (nSPS) is 9.00. The van der Waals surface area contributed by atoms with Crippen molar-refractivity contribution in [3.05, 3.63) is 16.1 Å². The van der Waals surface area contributed by atoms with E-state index in [1.165, 1.54) is 18.4 Å². The van der Waals surface area contributed by atoms with Crippen molar-refractivity contribution in [1.82, 2.24) is 4.98 Å². The van der Waals surface area contributed by atoms with Crippen molar-refractivity contribution in [3.63, 3.8) is 0 Å². The number of thiazole rings is 1. The molecule has 0 radical (unpaired) electrons. The molecule has 74 valence electrons. The summed E-state index contributed by atoms with van der Waals surface area (Å²) in [6.45, 7) is -0.0881. The second-order valence-electron chi connectivity index (χ2n) is 2.36. The van der Waals surface area contributed by atoms with Crippen molar-refractivity contribution in [3.8, 4) is 11.8 Å². The highest BCUT2D eigenvalue weighted by Crippen LogP contribution is 2.07. The average Bonchev–Trinajstić information content (AvgIpc) is 2.65. The van der Waals surface area contributed by atoms with E-state index in [0.717, 1.165) is 0 Å². The molecule has 1 aromatic heterocycles. The van der Waals surface area contributed by atoms with Gasteiger partial charge in [0.2, 0.25) is 0 Å². The lowest BCUT2D eigenvalue weighted by molar-refractivity contribution is -0.139. The summed E-state index contributed by atoms with van der Waals surface area (Å²) in [6.07, 6.45) is 0.0601. The molecular formula is C9H9NO3S. The topological polar surface area (TPSA) is 59.4 Å². The SMILES string of the molecule is COC(=O)CC#Cc1nc(CO)cs1. The van der Waals surface area contributed by atoms with Crippen LogP contribution in [0.1, 0.15) is 17.1 Å². The molecule has 0 aromatic carbocycles. The molecule has 1 N–H and O–H groups in total. The average molecular weight is 211 g/mol. The molecule has 5 heteroatoms. The van der Waals surface area contributed by atoms with Gasteiger partial charge in [0.1, 0.15) is 6.42 Å². The highest BCUT2D eigenvalue weighted by molar-refractivity contribution is 7.10. The van der Waals surface area contributed by atoms with Gasteiger partial charge < -0.3 is 9.84 Å². The van der Waals surface area contributed by atoms with Crippen LogP contribution in [0.25, 0.3) is 0 Å². The van der Waals surface area contributed by atoms with Crippen LogP contribution < -0.4 is 0 Å². The fourth-order valence-corrected chi connectivity index (χ4v) is 1.38. The summed E-state index contributed by atoms with van der Waals surface area (Å²) in [5, 5.41) is 11.0. The van der Waals surface area contributed by atoms with E-state index in [4.69, 9.17) is 5.11 Å². The predicted octanol–water partition coefficient (Wildman–Crippen LogP) is 0.550. The van der Waals surface area contributed by atoms with Crippen molar-refractivity contribution < 1.29 is 14.6 Å². The molecule has 0 atom stereocenters. The number of carbonyl (C=O) groups is 1. The number of rotatable bonds is 2. The zero-order chi connectivity index (χ0) is 10.4. The van der Waals surface area contributed by atoms with E-state index >= 15 is 0 Å². The number of esters is 1. The molecule has 0 saturated carbocycles. The van der Waals surface area contributed by atoms with Gasteiger partial charge in [0.15, 0.2) is 5.01 Å². The van der Waals surface area contributed by atoms with Crippen LogP contribution in [0.2, 0.25) is 0 Å². The molecular weight excluding hydrogens is 202 g/mol. The Morgan fingerprint density at radius 3 is 3.14 bits per heavy atom. The number of nitrogens with zero attached hydrogens (tertiary/aromatic N) is 1. The van der Waals surface area contributed by atoms with Gasteiger partial charge in [0.25, 0.3) is 0 Å². The number of aromatic nitrogens is 1. The van der Waals surface area contributed by atoms with E-state index in [0.29, 0.717) is 10.7 Å². The molecule has 0 saturated heterocycles. The summed E-state index contributed by atoms with van der Waals surface area (Å²) in [7, 11) is 1.32. The highest BCUT2D eigenvalue weighted by atomic mass is 32.1. The van der Waals surface area contributed by atoms with E-state index in [-0.39, 0.29) is 19.0 Å². The van der Waals surface area contributed by atoms with Gasteiger partial charge in [-0.15, -0.1) is 11.3 Å². The molecule has 0 bridgehead atoms. The van der Waals surface area contributed by atoms with Crippen LogP contribution in [0.15, 0.2) is 5.38 Å². The summed E-state index contributed by atoms with van der Waals surface area (Å²) < 4.78 is 4.42. The first-order chi connectivity index (χ1) is 6.76. The molecule has 0 aliphatic rings. The lowest BCUT2D eigenvalue weighted by Gasteiger charge is -1.88. The third-order valence-electron chi connectivity index (χ3n) is 1.37. The minimum Gasteiger partial charge on any atom is -0.468 e. The maximum atomic E-state index is 10.7. The molecule has 0 spiro atoms. The molecule has 0 fully saturated rings. The van der Waals surface area contributed by atoms with Crippen LogP contribution in [0.4, 0.5) is 0 Å². The highest BCUT2D eigenvalue weighted by Gasteiger charge is 1.97. The Labute approximate surface area is 85.5 Å². The molecule has 0 unspecified atom stereocenters. The number of hydrogen-bond acceptors (Lipinski definition) is 5. The van der Waals surface area contributed by atoms with Gasteiger partial charge in [-0.05, 0) is 5.92 Å². The maximum Gasteiger partial charge on any atom is 0.317 e. The smallest absolute Gasteiger partial charge is 0.317 e. The van der Waals surface area contributed by atoms with E-state index < -0.39 is 0 Å². The Kier molecular flexibility index (Phi) is 4.11. The van der Waals surface area contributed by atoms with Crippen molar-refractivity contribution in [1.29, 1.82) is 0 Å². The van der Waals surface area contributed by atoms with E-state index in [1.807, 2.05) is 0 Å². The van der Waals surface area contributed by atoms with Gasteiger partial charge in [-0.2, -0.15) is 0 Å². The van der Waals surface area contributed by atoms with Crippen LogP contribution in [-0.4, -0.2) is 23.2 Å². The van der Waals surface area contributed by atoms with Gasteiger partial charge in [0, 0.05) is 5.38 Å². The van der Waals surface area contributed by atoms with E-state index in [1.54, 1.807) is 5.38 Å². The predicted molar refractivity (Wildman–Crippen MR) is 51.5 cm³/mol. The summed E-state index contributed by atoms with van der Waals surface area (Å²) in [6, 6.07) is 0. The third kappa shape index (κ3) is 3.17. The minimum absolute atomic E-state index is 0.0601. The number of carbonyl (C=O) groups excluding carboxylic acids is 1. The van der Waals surface area contributed by atoms with Crippen molar-refractivity contribution in [2.75, 3.05) is 7.11 Å². The van der Waals surface area contributed by atoms with Crippen LogP contribution in [0, 0.1) is 11.8 Å². The quantitative estimate of drug-likeness (QED) is 0.573. The summed E-state index contributed by atoms with van der Waals surface area (Å²) in [5.74, 6) is 4.98. The first kappa shape index (κ1) is 10.7. The molecule has 0 aliphatic carbocycles. The molecule has 1 heterocycles. The van der Waals surface area contributed by atoms with Gasteiger partial charge in [-0.3, -0.25) is 4.79 Å². The largest absolute Gasteiger partial charge is 0.468 e. The first-order valence-corrected chi connectivity index (χ1v) is 4.75. The Hall–Kier alpha value is -1.38. The standard InChI is InChI=1S/C9H9NO3S/c1-13-9(12)4-2-3-8-10-7(5-11)6-14-8/h6,11H,4-5H2,1H3. The number of aliphatic hydroxyl groups excluding tert-OH is 1. The second kappa shape index (κ2) is 5.37. The minimum atomic E-state index is -0.364. The molecule has 1 rings (SSSR count). The molecule has 14 heavy (non-hydrogen) atoms. The fraction of sp³-hybridized carbons (Fsp3) is 0.333. The molecule has 0 aliphatic heterocycles. The van der Waals surface area contributed by atoms with Gasteiger partial charge in [-0.1, -0.05) is 5.92 Å². The molecule has 4 nitrogen and oxygen atoms in total. The summed E-state index contributed by atoms with van der Waals surface area (Å²) in [5.41, 5.74) is 0.595. The van der Waals surface area contributed by atoms with Crippen molar-refractivity contribution in [2.24, 2.45) is 0 Å². The Balaban J connectivity index is 2.54. The monoisotopic (exact) mass is 211 g/mol. The Morgan fingerprint density at radius 1 is 1.79 bits per heavy atom. The van der Waals surface area contributed by atoms with E-state index in [9.17, 15) is 4.79 Å². The number of aliphatic hydroxyl groups is 1. The zero-order valence-electron chi connectivity index (χ0n) is 7.61. The molecule has 1 aromatic rings. The molecule has 0 amide bonds. The van der Waals surface area contributed by atoms with Crippen LogP contribution >= 0.6 is 11.3 Å². The second-order valence-corrected chi connectivity index (χ2v) is 3.21.